The molecular weight excluding hydrogens is 254 g/mol. The van der Waals surface area contributed by atoms with Gasteiger partial charge in [-0.25, -0.2) is 0 Å². The van der Waals surface area contributed by atoms with E-state index in [1.54, 1.807) is 0 Å². The first kappa shape index (κ1) is 14.9. The molecule has 1 saturated carbocycles. The molecule has 1 fully saturated rings. The van der Waals surface area contributed by atoms with Crippen molar-refractivity contribution in [3.63, 3.8) is 0 Å². The van der Waals surface area contributed by atoms with Crippen molar-refractivity contribution in [3.8, 4) is 0 Å². The molecule has 1 aromatic carbocycles. The van der Waals surface area contributed by atoms with E-state index in [9.17, 15) is 4.79 Å². The highest BCUT2D eigenvalue weighted by molar-refractivity contribution is 5.70. The minimum Gasteiger partial charge on any atom is -0.481 e. The summed E-state index contributed by atoms with van der Waals surface area (Å²) >= 11 is 0. The number of nitrogens with one attached hydrogen (secondary N) is 1. The number of benzene rings is 1. The van der Waals surface area contributed by atoms with Crippen LogP contribution in [0.3, 0.4) is 0 Å². The summed E-state index contributed by atoms with van der Waals surface area (Å²) in [6.07, 6.45) is 5.14. The lowest BCUT2D eigenvalue weighted by Gasteiger charge is -2.28. The molecular formula is C16H23NO3. The van der Waals surface area contributed by atoms with Crippen LogP contribution >= 0.6 is 0 Å². The zero-order chi connectivity index (χ0) is 14.4. The Labute approximate surface area is 119 Å². The second kappa shape index (κ2) is 7.29. The maximum absolute atomic E-state index is 11.1. The summed E-state index contributed by atoms with van der Waals surface area (Å²) in [7, 11) is 0. The predicted octanol–water partition coefficient (Wildman–Crippen LogP) is 2.67. The largest absolute Gasteiger partial charge is 0.481 e. The van der Waals surface area contributed by atoms with Crippen LogP contribution in [0.25, 0.3) is 0 Å². The van der Waals surface area contributed by atoms with Crippen molar-refractivity contribution in [1.29, 1.82) is 0 Å². The number of carboxylic acid groups (broad SMARTS) is 1. The van der Waals surface area contributed by atoms with Crippen LogP contribution in [0.4, 0.5) is 5.69 Å². The van der Waals surface area contributed by atoms with Crippen LogP contribution in [0.5, 0.6) is 0 Å². The van der Waals surface area contributed by atoms with E-state index in [2.05, 4.69) is 17.4 Å². The smallest absolute Gasteiger partial charge is 0.306 e. The summed E-state index contributed by atoms with van der Waals surface area (Å²) in [5.74, 6) is -0.882. The lowest BCUT2D eigenvalue weighted by Crippen LogP contribution is -2.30. The molecule has 0 saturated heterocycles. The molecule has 1 aromatic rings. The summed E-state index contributed by atoms with van der Waals surface area (Å²) in [5, 5.41) is 21.4. The van der Waals surface area contributed by atoms with Crippen LogP contribution in [-0.4, -0.2) is 28.8 Å². The molecule has 1 aliphatic carbocycles. The van der Waals surface area contributed by atoms with Gasteiger partial charge < -0.3 is 15.5 Å². The summed E-state index contributed by atoms with van der Waals surface area (Å²) in [4.78, 5) is 11.1. The van der Waals surface area contributed by atoms with E-state index in [1.807, 2.05) is 12.1 Å². The third-order valence-electron chi connectivity index (χ3n) is 3.94. The Morgan fingerprint density at radius 2 is 2.20 bits per heavy atom. The molecule has 110 valence electrons. The lowest BCUT2D eigenvalue weighted by atomic mass is 9.85. The molecule has 1 aliphatic rings. The standard InChI is InChI=1S/C16H23NO3/c18-9-3-5-12-4-1-7-14(10-12)17-15-8-2-6-13(11-15)16(19)20/h1,4,7,10,13,15,17-18H,2-3,5-6,8-9,11H2,(H,19,20). The van der Waals surface area contributed by atoms with Gasteiger partial charge in [0.2, 0.25) is 0 Å². The monoisotopic (exact) mass is 277 g/mol. The van der Waals surface area contributed by atoms with Crippen LogP contribution in [0, 0.1) is 5.92 Å². The minimum absolute atomic E-state index is 0.209. The first-order valence-electron chi connectivity index (χ1n) is 7.38. The van der Waals surface area contributed by atoms with Crippen molar-refractivity contribution >= 4 is 11.7 Å². The number of anilines is 1. The van der Waals surface area contributed by atoms with E-state index >= 15 is 0 Å². The van der Waals surface area contributed by atoms with Gasteiger partial charge in [-0.2, -0.15) is 0 Å². The third-order valence-corrected chi connectivity index (χ3v) is 3.94. The average Bonchev–Trinajstić information content (AvgIpc) is 2.46. The average molecular weight is 277 g/mol. The molecule has 0 aromatic heterocycles. The quantitative estimate of drug-likeness (QED) is 0.747. The zero-order valence-corrected chi connectivity index (χ0v) is 11.7. The van der Waals surface area contributed by atoms with Gasteiger partial charge in [0, 0.05) is 18.3 Å². The van der Waals surface area contributed by atoms with Crippen molar-refractivity contribution in [2.75, 3.05) is 11.9 Å². The molecule has 2 atom stereocenters. The van der Waals surface area contributed by atoms with E-state index in [-0.39, 0.29) is 18.6 Å². The highest BCUT2D eigenvalue weighted by atomic mass is 16.4. The van der Waals surface area contributed by atoms with Crippen molar-refractivity contribution in [3.05, 3.63) is 29.8 Å². The van der Waals surface area contributed by atoms with E-state index in [0.717, 1.165) is 37.8 Å². The summed E-state index contributed by atoms with van der Waals surface area (Å²) in [6.45, 7) is 0.209. The number of hydrogen-bond donors (Lipinski definition) is 3. The fourth-order valence-electron chi connectivity index (χ4n) is 2.88. The van der Waals surface area contributed by atoms with Crippen LogP contribution in [0.15, 0.2) is 24.3 Å². The van der Waals surface area contributed by atoms with Gasteiger partial charge in [0.05, 0.1) is 5.92 Å². The number of hydrogen-bond acceptors (Lipinski definition) is 3. The van der Waals surface area contributed by atoms with Crippen LogP contribution in [-0.2, 0) is 11.2 Å². The fourth-order valence-corrected chi connectivity index (χ4v) is 2.88. The maximum atomic E-state index is 11.1. The molecule has 0 heterocycles. The molecule has 0 radical (unpaired) electrons. The number of rotatable bonds is 6. The second-order valence-electron chi connectivity index (χ2n) is 5.57. The first-order valence-corrected chi connectivity index (χ1v) is 7.38. The normalized spacial score (nSPS) is 22.4. The van der Waals surface area contributed by atoms with Gasteiger partial charge in [0.25, 0.3) is 0 Å². The van der Waals surface area contributed by atoms with Crippen molar-refractivity contribution in [2.45, 2.75) is 44.6 Å². The molecule has 0 aliphatic heterocycles. The zero-order valence-electron chi connectivity index (χ0n) is 11.7. The Morgan fingerprint density at radius 3 is 2.95 bits per heavy atom. The van der Waals surface area contributed by atoms with Crippen LogP contribution in [0.1, 0.15) is 37.7 Å². The van der Waals surface area contributed by atoms with Gasteiger partial charge in [-0.1, -0.05) is 18.6 Å². The van der Waals surface area contributed by atoms with E-state index < -0.39 is 5.97 Å². The Balaban J connectivity index is 1.93. The maximum Gasteiger partial charge on any atom is 0.306 e. The SMILES string of the molecule is O=C(O)C1CCCC(Nc2cccc(CCCO)c2)C1. The molecule has 0 spiro atoms. The molecule has 20 heavy (non-hydrogen) atoms. The van der Waals surface area contributed by atoms with Gasteiger partial charge in [-0.15, -0.1) is 0 Å². The van der Waals surface area contributed by atoms with Crippen molar-refractivity contribution in [2.24, 2.45) is 5.92 Å². The summed E-state index contributed by atoms with van der Waals surface area (Å²) in [5.41, 5.74) is 2.26. The summed E-state index contributed by atoms with van der Waals surface area (Å²) < 4.78 is 0. The van der Waals surface area contributed by atoms with Gasteiger partial charge >= 0.3 is 5.97 Å². The number of carboxylic acids is 1. The third kappa shape index (κ3) is 4.23. The molecule has 0 amide bonds. The minimum atomic E-state index is -0.673. The molecule has 0 bridgehead atoms. The lowest BCUT2D eigenvalue weighted by molar-refractivity contribution is -0.142. The molecule has 4 heteroatoms. The van der Waals surface area contributed by atoms with E-state index in [0.29, 0.717) is 6.42 Å². The van der Waals surface area contributed by atoms with Gasteiger partial charge in [-0.05, 0) is 49.8 Å². The van der Waals surface area contributed by atoms with Crippen LogP contribution < -0.4 is 5.32 Å². The number of carbonyl (C=O) groups is 1. The summed E-state index contributed by atoms with van der Waals surface area (Å²) in [6, 6.07) is 8.43. The Hall–Kier alpha value is -1.55. The second-order valence-corrected chi connectivity index (χ2v) is 5.57. The molecule has 3 N–H and O–H groups in total. The Bertz CT molecular complexity index is 447. The molecule has 2 rings (SSSR count). The molecule has 2 unspecified atom stereocenters. The van der Waals surface area contributed by atoms with Crippen molar-refractivity contribution < 1.29 is 15.0 Å². The highest BCUT2D eigenvalue weighted by Gasteiger charge is 2.26. The Morgan fingerprint density at radius 1 is 1.35 bits per heavy atom. The van der Waals surface area contributed by atoms with Crippen molar-refractivity contribution in [1.82, 2.24) is 0 Å². The van der Waals surface area contributed by atoms with E-state index in [1.165, 1.54) is 5.56 Å². The van der Waals surface area contributed by atoms with Gasteiger partial charge in [0.1, 0.15) is 0 Å². The van der Waals surface area contributed by atoms with Gasteiger partial charge in [0.15, 0.2) is 0 Å². The Kier molecular flexibility index (Phi) is 5.41. The topological polar surface area (TPSA) is 69.6 Å². The number of aryl methyl sites for hydroxylation is 1. The van der Waals surface area contributed by atoms with Gasteiger partial charge in [-0.3, -0.25) is 4.79 Å². The highest BCUT2D eigenvalue weighted by Crippen LogP contribution is 2.27. The molecule has 4 nitrogen and oxygen atoms in total. The predicted molar refractivity (Wildman–Crippen MR) is 78.9 cm³/mol. The number of aliphatic hydroxyl groups is 1. The van der Waals surface area contributed by atoms with Crippen LogP contribution in [0.2, 0.25) is 0 Å². The number of aliphatic carboxylic acids is 1. The number of aliphatic hydroxyl groups excluding tert-OH is 1. The fraction of sp³-hybridized carbons (Fsp3) is 0.562. The first-order chi connectivity index (χ1) is 9.69. The van der Waals surface area contributed by atoms with E-state index in [4.69, 9.17) is 10.2 Å².